The number of hydrogen-bond acceptors (Lipinski definition) is 4. The molecule has 8 heavy (non-hydrogen) atoms. The molecule has 0 saturated carbocycles. The highest BCUT2D eigenvalue weighted by Gasteiger charge is 2.15. The minimum absolute atomic E-state index is 0.424. The molecule has 0 aromatic heterocycles. The van der Waals surface area contributed by atoms with Gasteiger partial charge in [-0.15, -0.1) is 0 Å². The third-order valence-corrected chi connectivity index (χ3v) is 0.457. The van der Waals surface area contributed by atoms with Gasteiger partial charge in [0.25, 0.3) is 0 Å². The second-order valence-corrected chi connectivity index (χ2v) is 1.68. The van der Waals surface area contributed by atoms with Crippen LogP contribution in [0.25, 0.3) is 0 Å². The predicted molar refractivity (Wildman–Crippen MR) is 27.5 cm³/mol. The van der Waals surface area contributed by atoms with Crippen LogP contribution in [-0.4, -0.2) is 16.9 Å². The van der Waals surface area contributed by atoms with Gasteiger partial charge >= 0.3 is 5.97 Å². The average Bonchev–Trinajstić information content (AvgIpc) is 1.21. The van der Waals surface area contributed by atoms with Crippen LogP contribution in [0, 0.1) is 0 Å². The molecule has 0 saturated heterocycles. The maximum atomic E-state index is 9.77. The summed E-state index contributed by atoms with van der Waals surface area (Å²) >= 11 is 0. The molecule has 0 aromatic carbocycles. The zero-order valence-corrected chi connectivity index (χ0v) is 4.29. The van der Waals surface area contributed by atoms with Crippen molar-refractivity contribution in [1.29, 1.82) is 0 Å². The summed E-state index contributed by atoms with van der Waals surface area (Å²) in [5, 5.41) is 8.01. The number of hydrogen-bond donors (Lipinski definition) is 4. The zero-order valence-electron chi connectivity index (χ0n) is 4.29. The summed E-state index contributed by atoms with van der Waals surface area (Å²) in [7, 11) is 0. The smallest absolute Gasteiger partial charge is 0.308 e. The van der Waals surface area contributed by atoms with Gasteiger partial charge in [-0.2, -0.15) is 0 Å². The largest absolute Gasteiger partial charge is 0.481 e. The van der Waals surface area contributed by atoms with Crippen LogP contribution in [0.4, 0.5) is 0 Å². The number of rotatable bonds is 2. The van der Waals surface area contributed by atoms with Gasteiger partial charge in [0, 0.05) is 0 Å². The van der Waals surface area contributed by atoms with Gasteiger partial charge in [0.1, 0.15) is 5.79 Å². The van der Waals surface area contributed by atoms with E-state index in [1.54, 1.807) is 0 Å². The Morgan fingerprint density at radius 3 is 1.88 bits per heavy atom. The number of carbonyl (C=O) groups is 1. The second kappa shape index (κ2) is 2.08. The van der Waals surface area contributed by atoms with E-state index in [2.05, 4.69) is 0 Å². The minimum atomic E-state index is -1.58. The Labute approximate surface area is 46.4 Å². The fourth-order valence-corrected chi connectivity index (χ4v) is 0.262. The highest BCUT2D eigenvalue weighted by Crippen LogP contribution is 1.85. The van der Waals surface area contributed by atoms with E-state index in [0.717, 1.165) is 0 Å². The Morgan fingerprint density at radius 1 is 1.50 bits per heavy atom. The van der Waals surface area contributed by atoms with Crippen molar-refractivity contribution in [3.8, 4) is 0 Å². The number of aliphatic carboxylic acids is 1. The quantitative estimate of drug-likeness (QED) is 0.313. The first kappa shape index (κ1) is 7.35. The van der Waals surface area contributed by atoms with Gasteiger partial charge < -0.3 is 22.3 Å². The average molecular weight is 119 g/mol. The summed E-state index contributed by atoms with van der Waals surface area (Å²) in [5.41, 5.74) is 14.7. The lowest BCUT2D eigenvalue weighted by Crippen LogP contribution is -2.59. The van der Waals surface area contributed by atoms with Crippen LogP contribution in [0.1, 0.15) is 6.42 Å². The lowest BCUT2D eigenvalue weighted by molar-refractivity contribution is -0.138. The number of carboxylic acid groups (broad SMARTS) is 1. The second-order valence-electron chi connectivity index (χ2n) is 1.68. The molecule has 5 nitrogen and oxygen atoms in total. The van der Waals surface area contributed by atoms with Crippen molar-refractivity contribution in [2.75, 3.05) is 0 Å². The first-order valence-electron chi connectivity index (χ1n) is 2.00. The third-order valence-electron chi connectivity index (χ3n) is 0.457. The highest BCUT2D eigenvalue weighted by molar-refractivity contribution is 5.67. The lowest BCUT2D eigenvalue weighted by atomic mass is 10.3. The zero-order chi connectivity index (χ0) is 6.78. The standard InChI is InChI=1S/C3H9N3O2/c4-3(5,6)1-2(7)8/h1,4-6H2,(H,7,8). The topological polar surface area (TPSA) is 115 Å². The van der Waals surface area contributed by atoms with Gasteiger partial charge in [0.05, 0.1) is 6.42 Å². The first-order chi connectivity index (χ1) is 3.42. The Morgan fingerprint density at radius 2 is 1.88 bits per heavy atom. The predicted octanol–water partition coefficient (Wildman–Crippen LogP) is -2.01. The molecule has 0 aliphatic heterocycles. The van der Waals surface area contributed by atoms with Gasteiger partial charge in [-0.25, -0.2) is 0 Å². The third kappa shape index (κ3) is 5.35. The number of carboxylic acids is 1. The van der Waals surface area contributed by atoms with E-state index in [1.165, 1.54) is 0 Å². The van der Waals surface area contributed by atoms with Crippen molar-refractivity contribution >= 4 is 5.97 Å². The molecule has 5 heteroatoms. The Bertz CT molecular complexity index is 95.2. The van der Waals surface area contributed by atoms with Gasteiger partial charge in [0.15, 0.2) is 0 Å². The van der Waals surface area contributed by atoms with Crippen molar-refractivity contribution in [1.82, 2.24) is 0 Å². The van der Waals surface area contributed by atoms with E-state index in [-0.39, 0.29) is 0 Å². The summed E-state index contributed by atoms with van der Waals surface area (Å²) in [6.45, 7) is 0. The monoisotopic (exact) mass is 119 g/mol. The highest BCUT2D eigenvalue weighted by atomic mass is 16.4. The summed E-state index contributed by atoms with van der Waals surface area (Å²) in [6.07, 6.45) is -0.424. The van der Waals surface area contributed by atoms with Gasteiger partial charge in [-0.3, -0.25) is 4.79 Å². The molecular weight excluding hydrogens is 110 g/mol. The normalized spacial score (nSPS) is 11.4. The van der Waals surface area contributed by atoms with E-state index < -0.39 is 18.2 Å². The van der Waals surface area contributed by atoms with Gasteiger partial charge in [-0.05, 0) is 0 Å². The van der Waals surface area contributed by atoms with Crippen LogP contribution in [0.15, 0.2) is 0 Å². The van der Waals surface area contributed by atoms with Crippen molar-refractivity contribution in [3.63, 3.8) is 0 Å². The van der Waals surface area contributed by atoms with Gasteiger partial charge in [-0.1, -0.05) is 0 Å². The molecule has 0 rings (SSSR count). The molecular formula is C3H9N3O2. The Hall–Kier alpha value is -0.650. The van der Waals surface area contributed by atoms with E-state index >= 15 is 0 Å². The summed E-state index contributed by atoms with van der Waals surface area (Å²) in [4.78, 5) is 9.77. The molecule has 0 aliphatic carbocycles. The van der Waals surface area contributed by atoms with Crippen LogP contribution < -0.4 is 17.2 Å². The lowest BCUT2D eigenvalue weighted by Gasteiger charge is -2.13. The molecule has 0 unspecified atom stereocenters. The molecule has 0 bridgehead atoms. The van der Waals surface area contributed by atoms with Crippen molar-refractivity contribution < 1.29 is 9.90 Å². The summed E-state index contributed by atoms with van der Waals surface area (Å²) in [5.74, 6) is -2.68. The van der Waals surface area contributed by atoms with Crippen molar-refractivity contribution in [3.05, 3.63) is 0 Å². The van der Waals surface area contributed by atoms with Crippen molar-refractivity contribution in [2.24, 2.45) is 17.2 Å². The maximum Gasteiger partial charge on any atom is 0.308 e. The van der Waals surface area contributed by atoms with Crippen LogP contribution in [0.3, 0.4) is 0 Å². The molecule has 0 radical (unpaired) electrons. The van der Waals surface area contributed by atoms with E-state index in [0.29, 0.717) is 0 Å². The van der Waals surface area contributed by atoms with E-state index in [4.69, 9.17) is 22.3 Å². The van der Waals surface area contributed by atoms with Gasteiger partial charge in [0.2, 0.25) is 0 Å². The molecule has 0 heterocycles. The summed E-state index contributed by atoms with van der Waals surface area (Å²) < 4.78 is 0. The summed E-state index contributed by atoms with van der Waals surface area (Å²) in [6, 6.07) is 0. The van der Waals surface area contributed by atoms with Crippen LogP contribution in [-0.2, 0) is 4.79 Å². The molecule has 0 aromatic rings. The fourth-order valence-electron chi connectivity index (χ4n) is 0.262. The molecule has 7 N–H and O–H groups in total. The number of nitrogens with two attached hydrogens (primary N) is 3. The molecule has 48 valence electrons. The molecule has 0 spiro atoms. The SMILES string of the molecule is NC(N)(N)CC(=O)O. The van der Waals surface area contributed by atoms with Crippen molar-refractivity contribution in [2.45, 2.75) is 12.2 Å². The van der Waals surface area contributed by atoms with E-state index in [1.807, 2.05) is 0 Å². The van der Waals surface area contributed by atoms with Crippen LogP contribution in [0.5, 0.6) is 0 Å². The minimum Gasteiger partial charge on any atom is -0.481 e. The maximum absolute atomic E-state index is 9.77. The van der Waals surface area contributed by atoms with E-state index in [9.17, 15) is 4.79 Å². The molecule has 0 amide bonds. The Balaban J connectivity index is 3.55. The molecule has 0 fully saturated rings. The first-order valence-corrected chi connectivity index (χ1v) is 2.00. The van der Waals surface area contributed by atoms with Crippen LogP contribution in [0.2, 0.25) is 0 Å². The molecule has 0 aliphatic rings. The van der Waals surface area contributed by atoms with Crippen LogP contribution >= 0.6 is 0 Å². The fraction of sp³-hybridized carbons (Fsp3) is 0.667. The Kier molecular flexibility index (Phi) is 1.91. The molecule has 0 atom stereocenters.